The first-order valence-electron chi connectivity index (χ1n) is 9.66. The molecule has 1 fully saturated rings. The van der Waals surface area contributed by atoms with Gasteiger partial charge >= 0.3 is 0 Å². The Labute approximate surface area is 181 Å². The van der Waals surface area contributed by atoms with Crippen molar-refractivity contribution in [2.45, 2.75) is 24.7 Å². The monoisotopic (exact) mass is 441 g/mol. The van der Waals surface area contributed by atoms with Crippen molar-refractivity contribution in [3.63, 3.8) is 0 Å². The van der Waals surface area contributed by atoms with E-state index in [4.69, 9.17) is 5.73 Å². The van der Waals surface area contributed by atoms with E-state index >= 15 is 0 Å². The molecule has 0 aromatic carbocycles. The molecule has 4 rings (SSSR count). The zero-order chi connectivity index (χ0) is 21.8. The number of rotatable bonds is 9. The zero-order valence-corrected chi connectivity index (χ0v) is 17.3. The van der Waals surface area contributed by atoms with Gasteiger partial charge in [-0.3, -0.25) is 19.5 Å². The summed E-state index contributed by atoms with van der Waals surface area (Å²) in [4.78, 5) is 31.9. The van der Waals surface area contributed by atoms with Crippen molar-refractivity contribution in [3.8, 4) is 10.7 Å². The highest BCUT2D eigenvalue weighted by atomic mass is 32.1. The molecule has 0 bridgehead atoms. The van der Waals surface area contributed by atoms with Gasteiger partial charge in [-0.25, -0.2) is 9.37 Å². The summed E-state index contributed by atoms with van der Waals surface area (Å²) >= 11 is 1.20. The number of hydrogen-bond acceptors (Lipinski definition) is 8. The predicted octanol–water partition coefficient (Wildman–Crippen LogP) is 2.12. The smallest absolute Gasteiger partial charge is 0.237 e. The predicted molar refractivity (Wildman–Crippen MR) is 114 cm³/mol. The quantitative estimate of drug-likeness (QED) is 0.487. The molecule has 0 unspecified atom stereocenters. The van der Waals surface area contributed by atoms with Gasteiger partial charge in [0, 0.05) is 18.2 Å². The van der Waals surface area contributed by atoms with Gasteiger partial charge in [-0.05, 0) is 37.1 Å². The molecule has 3 aromatic rings. The summed E-state index contributed by atoms with van der Waals surface area (Å²) in [7, 11) is 0. The highest BCUT2D eigenvalue weighted by Gasteiger charge is 2.41. The van der Waals surface area contributed by atoms with Crippen LogP contribution in [0.4, 0.5) is 15.2 Å². The van der Waals surface area contributed by atoms with Crippen LogP contribution in [0, 0.1) is 5.82 Å². The highest BCUT2D eigenvalue weighted by Crippen LogP contribution is 2.43. The largest absolute Gasteiger partial charge is 0.368 e. The lowest BCUT2D eigenvalue weighted by atomic mass is 9.66. The van der Waals surface area contributed by atoms with E-state index in [2.05, 4.69) is 25.5 Å². The Kier molecular flexibility index (Phi) is 5.85. The van der Waals surface area contributed by atoms with Gasteiger partial charge in [0.05, 0.1) is 11.9 Å². The van der Waals surface area contributed by atoms with Crippen LogP contribution in [-0.2, 0) is 15.0 Å². The number of hydrogen-bond donors (Lipinski definition) is 2. The first kappa shape index (κ1) is 20.8. The maximum atomic E-state index is 14.3. The van der Waals surface area contributed by atoms with Gasteiger partial charge in [0.25, 0.3) is 0 Å². The van der Waals surface area contributed by atoms with Crippen LogP contribution in [-0.4, -0.2) is 45.6 Å². The second kappa shape index (κ2) is 8.72. The second-order valence-corrected chi connectivity index (χ2v) is 8.34. The van der Waals surface area contributed by atoms with Crippen LogP contribution >= 0.6 is 11.3 Å². The minimum atomic E-state index is -0.618. The maximum absolute atomic E-state index is 14.3. The van der Waals surface area contributed by atoms with Crippen LogP contribution in [0.1, 0.15) is 25.0 Å². The third-order valence-electron chi connectivity index (χ3n) is 5.29. The summed E-state index contributed by atoms with van der Waals surface area (Å²) in [5.41, 5.74) is 5.83. The molecule has 11 heteroatoms. The molecule has 3 N–H and O–H groups in total. The van der Waals surface area contributed by atoms with Crippen LogP contribution in [0.3, 0.4) is 0 Å². The van der Waals surface area contributed by atoms with Crippen LogP contribution in [0.25, 0.3) is 10.7 Å². The number of anilines is 2. The molecule has 2 amide bonds. The lowest BCUT2D eigenvalue weighted by Gasteiger charge is -2.41. The van der Waals surface area contributed by atoms with Gasteiger partial charge in [0.1, 0.15) is 33.9 Å². The fourth-order valence-corrected chi connectivity index (χ4v) is 4.38. The minimum absolute atomic E-state index is 0.224. The van der Waals surface area contributed by atoms with E-state index < -0.39 is 5.91 Å². The molecule has 1 aliphatic carbocycles. The van der Waals surface area contributed by atoms with Crippen molar-refractivity contribution in [1.82, 2.24) is 20.2 Å². The van der Waals surface area contributed by atoms with E-state index in [1.54, 1.807) is 24.4 Å². The topological polar surface area (TPSA) is 127 Å². The Morgan fingerprint density at radius 2 is 2.13 bits per heavy atom. The van der Waals surface area contributed by atoms with Crippen molar-refractivity contribution in [2.75, 3.05) is 23.3 Å². The van der Waals surface area contributed by atoms with Crippen LogP contribution < -0.4 is 16.0 Å². The number of aromatic nitrogens is 4. The number of primary amides is 1. The molecular weight excluding hydrogens is 421 g/mol. The van der Waals surface area contributed by atoms with Crippen LogP contribution in [0.15, 0.2) is 36.7 Å². The normalized spacial score (nSPS) is 14.5. The number of carbonyl (C=O) groups is 2. The third kappa shape index (κ3) is 4.36. The van der Waals surface area contributed by atoms with E-state index in [1.165, 1.54) is 28.5 Å². The Bertz CT molecular complexity index is 1090. The number of nitrogens with one attached hydrogen (secondary N) is 1. The third-order valence-corrected chi connectivity index (χ3v) is 6.35. The summed E-state index contributed by atoms with van der Waals surface area (Å²) in [6.07, 6.45) is 6.38. The molecular formula is C20H20FN7O2S. The average Bonchev–Trinajstić information content (AvgIpc) is 3.23. The molecule has 0 saturated heterocycles. The number of amides is 2. The van der Waals surface area contributed by atoms with Gasteiger partial charge in [-0.1, -0.05) is 17.8 Å². The fourth-order valence-electron chi connectivity index (χ4n) is 3.53. The molecule has 1 saturated carbocycles. The molecule has 0 radical (unpaired) electrons. The van der Waals surface area contributed by atoms with Gasteiger partial charge in [0.2, 0.25) is 12.3 Å². The number of halogens is 1. The van der Waals surface area contributed by atoms with E-state index in [0.29, 0.717) is 40.2 Å². The maximum Gasteiger partial charge on any atom is 0.237 e. The second-order valence-electron chi connectivity index (χ2n) is 7.33. The number of carbonyl (C=O) groups excluding carboxylic acids is 2. The summed E-state index contributed by atoms with van der Waals surface area (Å²) in [5.74, 6) is -0.343. The number of thiazole rings is 1. The Morgan fingerprint density at radius 1 is 1.29 bits per heavy atom. The van der Waals surface area contributed by atoms with Crippen LogP contribution in [0.2, 0.25) is 0 Å². The molecule has 31 heavy (non-hydrogen) atoms. The van der Waals surface area contributed by atoms with Crippen molar-refractivity contribution in [2.24, 2.45) is 5.73 Å². The lowest BCUT2D eigenvalue weighted by molar-refractivity contribution is -0.118. The molecule has 3 aromatic heterocycles. The van der Waals surface area contributed by atoms with E-state index in [-0.39, 0.29) is 17.8 Å². The zero-order valence-electron chi connectivity index (χ0n) is 16.5. The molecule has 160 valence electrons. The molecule has 9 nitrogen and oxygen atoms in total. The first-order valence-corrected chi connectivity index (χ1v) is 10.5. The number of nitrogens with zero attached hydrogens (tertiary/aromatic N) is 5. The average molecular weight is 441 g/mol. The van der Waals surface area contributed by atoms with Crippen molar-refractivity contribution in [1.29, 1.82) is 0 Å². The van der Waals surface area contributed by atoms with Crippen molar-refractivity contribution in [3.05, 3.63) is 48.2 Å². The van der Waals surface area contributed by atoms with Crippen LogP contribution in [0.5, 0.6) is 0 Å². The minimum Gasteiger partial charge on any atom is -0.368 e. The van der Waals surface area contributed by atoms with Crippen molar-refractivity contribution >= 4 is 34.5 Å². The summed E-state index contributed by atoms with van der Waals surface area (Å²) in [6, 6.07) is 6.56. The Hall–Kier alpha value is -3.47. The van der Waals surface area contributed by atoms with Gasteiger partial charge in [-0.2, -0.15) is 0 Å². The van der Waals surface area contributed by atoms with Gasteiger partial charge < -0.3 is 11.1 Å². The standard InChI is InChI=1S/C20H20FN7O2S/c21-13-3-1-8-23-18(13)20(6-2-7-20)11-25-16-5-4-14(26-27-16)19-24-9-17(31-19)28(12-29)10-15(22)30/h1,3-5,8-9,12H,2,6-7,10-11H2,(H2,22,30)(H,25,27). The molecule has 1 aliphatic rings. The Morgan fingerprint density at radius 3 is 2.74 bits per heavy atom. The molecule has 3 heterocycles. The SMILES string of the molecule is NC(=O)CN(C=O)c1cnc(-c2ccc(NCC3(c4ncccc4F)CCC3)nn2)s1. The molecule has 0 spiro atoms. The Balaban J connectivity index is 1.44. The summed E-state index contributed by atoms with van der Waals surface area (Å²) in [6.45, 7) is 0.288. The number of pyridine rings is 1. The molecule has 0 atom stereocenters. The van der Waals surface area contributed by atoms with Gasteiger partial charge in [0.15, 0.2) is 0 Å². The van der Waals surface area contributed by atoms with Gasteiger partial charge in [-0.15, -0.1) is 10.2 Å². The highest BCUT2D eigenvalue weighted by molar-refractivity contribution is 7.19. The fraction of sp³-hybridized carbons (Fsp3) is 0.300. The van der Waals surface area contributed by atoms with E-state index in [0.717, 1.165) is 19.3 Å². The summed E-state index contributed by atoms with van der Waals surface area (Å²) < 4.78 is 14.3. The first-order chi connectivity index (χ1) is 15.0. The lowest BCUT2D eigenvalue weighted by Crippen LogP contribution is -2.42. The van der Waals surface area contributed by atoms with E-state index in [1.807, 2.05) is 0 Å². The molecule has 0 aliphatic heterocycles. The van der Waals surface area contributed by atoms with Crippen molar-refractivity contribution < 1.29 is 14.0 Å². The number of nitrogens with two attached hydrogens (primary N) is 1. The van der Waals surface area contributed by atoms with E-state index in [9.17, 15) is 14.0 Å². The summed E-state index contributed by atoms with van der Waals surface area (Å²) in [5, 5.41) is 12.7.